The minimum absolute atomic E-state index is 0.144. The molecule has 0 saturated carbocycles. The lowest BCUT2D eigenvalue weighted by molar-refractivity contribution is 0.102. The second kappa shape index (κ2) is 6.06. The number of Topliss-reactive ketones (excluding diaryl/α,β-unsaturated/α-hetero) is 1. The number of ketones is 1. The van der Waals surface area contributed by atoms with E-state index in [1.807, 2.05) is 12.1 Å². The van der Waals surface area contributed by atoms with Gasteiger partial charge in [-0.2, -0.15) is 0 Å². The molecule has 0 aliphatic carbocycles. The number of halogens is 1. The quantitative estimate of drug-likeness (QED) is 0.586. The summed E-state index contributed by atoms with van der Waals surface area (Å²) >= 11 is 3.17. The van der Waals surface area contributed by atoms with Crippen LogP contribution in [-0.2, 0) is 6.42 Å². The minimum atomic E-state index is 0.144. The van der Waals surface area contributed by atoms with Gasteiger partial charge in [0.25, 0.3) is 0 Å². The first kappa shape index (κ1) is 12.4. The first-order chi connectivity index (χ1) is 7.13. The van der Waals surface area contributed by atoms with Crippen molar-refractivity contribution in [2.45, 2.75) is 26.7 Å². The number of benzene rings is 1. The third-order valence-corrected chi connectivity index (χ3v) is 2.92. The number of carbonyl (C=O) groups excluding carboxylic acids is 1. The number of hydrogen-bond donors (Lipinski definition) is 0. The second-order valence-corrected chi connectivity index (χ2v) is 4.75. The van der Waals surface area contributed by atoms with Crippen LogP contribution in [0.3, 0.4) is 0 Å². The fourth-order valence-electron chi connectivity index (χ4n) is 1.39. The highest BCUT2D eigenvalue weighted by atomic mass is 79.9. The Morgan fingerprint density at radius 2 is 1.87 bits per heavy atom. The van der Waals surface area contributed by atoms with Crippen molar-refractivity contribution in [2.24, 2.45) is 5.92 Å². The Morgan fingerprint density at radius 3 is 2.33 bits per heavy atom. The summed E-state index contributed by atoms with van der Waals surface area (Å²) in [5.41, 5.74) is 2.11. The van der Waals surface area contributed by atoms with Gasteiger partial charge in [0.1, 0.15) is 0 Å². The molecule has 0 N–H and O–H groups in total. The monoisotopic (exact) mass is 268 g/mol. The highest BCUT2D eigenvalue weighted by molar-refractivity contribution is 9.09. The molecule has 82 valence electrons. The van der Waals surface area contributed by atoms with Gasteiger partial charge in [-0.3, -0.25) is 4.79 Å². The summed E-state index contributed by atoms with van der Waals surface area (Å²) in [7, 11) is 0. The maximum absolute atomic E-state index is 11.3. The molecule has 0 aliphatic heterocycles. The van der Waals surface area contributed by atoms with Crippen LogP contribution < -0.4 is 0 Å². The molecule has 1 aromatic carbocycles. The van der Waals surface area contributed by atoms with E-state index >= 15 is 0 Å². The molecule has 0 radical (unpaired) electrons. The predicted molar refractivity (Wildman–Crippen MR) is 67.7 cm³/mol. The van der Waals surface area contributed by atoms with E-state index in [-0.39, 0.29) is 5.78 Å². The van der Waals surface area contributed by atoms with Crippen LogP contribution in [0.2, 0.25) is 0 Å². The Morgan fingerprint density at radius 1 is 1.27 bits per heavy atom. The van der Waals surface area contributed by atoms with Crippen molar-refractivity contribution < 1.29 is 4.79 Å². The van der Waals surface area contributed by atoms with Gasteiger partial charge in [0.2, 0.25) is 0 Å². The lowest BCUT2D eigenvalue weighted by atomic mass is 10.0. The SMILES string of the molecule is CC(C)CCc1ccc(C(=O)CBr)cc1. The van der Waals surface area contributed by atoms with Gasteiger partial charge in [0.15, 0.2) is 5.78 Å². The van der Waals surface area contributed by atoms with E-state index in [9.17, 15) is 4.79 Å². The average Bonchev–Trinajstić information content (AvgIpc) is 2.26. The molecule has 0 fully saturated rings. The first-order valence-electron chi connectivity index (χ1n) is 5.31. The summed E-state index contributed by atoms with van der Waals surface area (Å²) in [6.07, 6.45) is 2.30. The molecule has 1 aromatic rings. The summed E-state index contributed by atoms with van der Waals surface area (Å²) in [4.78, 5) is 11.3. The Bertz CT molecular complexity index is 314. The van der Waals surface area contributed by atoms with Crippen LogP contribution in [0.15, 0.2) is 24.3 Å². The van der Waals surface area contributed by atoms with Gasteiger partial charge < -0.3 is 0 Å². The summed E-state index contributed by atoms with van der Waals surface area (Å²) in [5.74, 6) is 0.874. The molecular weight excluding hydrogens is 252 g/mol. The largest absolute Gasteiger partial charge is 0.293 e. The van der Waals surface area contributed by atoms with Crippen molar-refractivity contribution in [2.75, 3.05) is 5.33 Å². The number of alkyl halides is 1. The van der Waals surface area contributed by atoms with E-state index in [4.69, 9.17) is 0 Å². The van der Waals surface area contributed by atoms with E-state index in [1.54, 1.807) is 0 Å². The molecule has 1 nitrogen and oxygen atoms in total. The lowest BCUT2D eigenvalue weighted by Crippen LogP contribution is -2.00. The van der Waals surface area contributed by atoms with Crippen molar-refractivity contribution >= 4 is 21.7 Å². The third kappa shape index (κ3) is 4.17. The average molecular weight is 269 g/mol. The first-order valence-corrected chi connectivity index (χ1v) is 6.43. The fraction of sp³-hybridized carbons (Fsp3) is 0.462. The van der Waals surface area contributed by atoms with E-state index in [1.165, 1.54) is 12.0 Å². The number of aryl methyl sites for hydroxylation is 1. The minimum Gasteiger partial charge on any atom is -0.293 e. The third-order valence-electron chi connectivity index (χ3n) is 2.41. The molecular formula is C13H17BrO. The summed E-state index contributed by atoms with van der Waals surface area (Å²) in [5, 5.41) is 0.401. The van der Waals surface area contributed by atoms with Crippen molar-refractivity contribution in [1.82, 2.24) is 0 Å². The van der Waals surface area contributed by atoms with Gasteiger partial charge in [0, 0.05) is 5.56 Å². The topological polar surface area (TPSA) is 17.1 Å². The number of carbonyl (C=O) groups is 1. The number of rotatable bonds is 5. The van der Waals surface area contributed by atoms with Crippen LogP contribution in [0, 0.1) is 5.92 Å². The van der Waals surface area contributed by atoms with Gasteiger partial charge in [-0.15, -0.1) is 0 Å². The summed E-state index contributed by atoms with van der Waals surface area (Å²) in [6.45, 7) is 4.45. The van der Waals surface area contributed by atoms with Gasteiger partial charge in [-0.05, 0) is 24.3 Å². The normalized spacial score (nSPS) is 10.7. The molecule has 0 aliphatic rings. The van der Waals surface area contributed by atoms with Crippen molar-refractivity contribution in [3.05, 3.63) is 35.4 Å². The molecule has 1 rings (SSSR count). The van der Waals surface area contributed by atoms with E-state index in [2.05, 4.69) is 41.9 Å². The van der Waals surface area contributed by atoms with E-state index in [0.717, 1.165) is 17.9 Å². The van der Waals surface area contributed by atoms with Gasteiger partial charge in [0.05, 0.1) is 5.33 Å². The van der Waals surface area contributed by atoms with Crippen LogP contribution in [0.5, 0.6) is 0 Å². The molecule has 0 aromatic heterocycles. The highest BCUT2D eigenvalue weighted by Gasteiger charge is 2.03. The predicted octanol–water partition coefficient (Wildman–Crippen LogP) is 3.85. The molecule has 0 atom stereocenters. The number of hydrogen-bond acceptors (Lipinski definition) is 1. The fourth-order valence-corrected chi connectivity index (χ4v) is 1.71. The van der Waals surface area contributed by atoms with Crippen molar-refractivity contribution in [1.29, 1.82) is 0 Å². The zero-order valence-electron chi connectivity index (χ0n) is 9.29. The standard InChI is InChI=1S/C13H17BrO/c1-10(2)3-4-11-5-7-12(8-6-11)13(15)9-14/h5-8,10H,3-4,9H2,1-2H3. The zero-order valence-corrected chi connectivity index (χ0v) is 10.9. The van der Waals surface area contributed by atoms with Crippen molar-refractivity contribution in [3.63, 3.8) is 0 Å². The molecule has 0 unspecified atom stereocenters. The van der Waals surface area contributed by atoms with Crippen LogP contribution in [-0.4, -0.2) is 11.1 Å². The molecule has 0 bridgehead atoms. The lowest BCUT2D eigenvalue weighted by Gasteiger charge is -2.05. The van der Waals surface area contributed by atoms with Crippen LogP contribution in [0.25, 0.3) is 0 Å². The Hall–Kier alpha value is -0.630. The smallest absolute Gasteiger partial charge is 0.173 e. The van der Waals surface area contributed by atoms with Gasteiger partial charge >= 0.3 is 0 Å². The Kier molecular flexibility index (Phi) is 5.03. The van der Waals surface area contributed by atoms with Crippen LogP contribution >= 0.6 is 15.9 Å². The van der Waals surface area contributed by atoms with Crippen molar-refractivity contribution in [3.8, 4) is 0 Å². The highest BCUT2D eigenvalue weighted by Crippen LogP contribution is 2.11. The summed E-state index contributed by atoms with van der Waals surface area (Å²) in [6, 6.07) is 7.94. The Balaban J connectivity index is 2.60. The van der Waals surface area contributed by atoms with Gasteiger partial charge in [-0.1, -0.05) is 54.0 Å². The molecule has 2 heteroatoms. The van der Waals surface area contributed by atoms with Crippen LogP contribution in [0.1, 0.15) is 36.2 Å². The summed E-state index contributed by atoms with van der Waals surface area (Å²) < 4.78 is 0. The Labute approximate surface area is 100 Å². The zero-order chi connectivity index (χ0) is 11.3. The molecule has 0 saturated heterocycles. The maximum atomic E-state index is 11.3. The molecule has 0 amide bonds. The van der Waals surface area contributed by atoms with E-state index in [0.29, 0.717) is 5.33 Å². The molecule has 15 heavy (non-hydrogen) atoms. The maximum Gasteiger partial charge on any atom is 0.173 e. The van der Waals surface area contributed by atoms with Crippen LogP contribution in [0.4, 0.5) is 0 Å². The molecule has 0 heterocycles. The second-order valence-electron chi connectivity index (χ2n) is 4.19. The molecule has 0 spiro atoms. The van der Waals surface area contributed by atoms with Gasteiger partial charge in [-0.25, -0.2) is 0 Å². The van der Waals surface area contributed by atoms with E-state index < -0.39 is 0 Å².